The molecule has 6 nitrogen and oxygen atoms in total. The van der Waals surface area contributed by atoms with Gasteiger partial charge in [0.1, 0.15) is 12.1 Å². The van der Waals surface area contributed by atoms with E-state index in [9.17, 15) is 4.79 Å². The number of carboxylic acids is 1. The summed E-state index contributed by atoms with van der Waals surface area (Å²) in [6.07, 6.45) is 0. The number of benzene rings is 1. The summed E-state index contributed by atoms with van der Waals surface area (Å²) >= 11 is 0. The number of nitrogens with zero attached hydrogens (tertiary/aromatic N) is 1. The molecule has 1 aromatic heterocycles. The van der Waals surface area contributed by atoms with Crippen LogP contribution in [0.1, 0.15) is 16.2 Å². The van der Waals surface area contributed by atoms with E-state index in [1.54, 1.807) is 13.2 Å². The van der Waals surface area contributed by atoms with Gasteiger partial charge in [-0.25, -0.2) is 9.78 Å². The third-order valence-corrected chi connectivity index (χ3v) is 2.34. The predicted molar refractivity (Wildman–Crippen MR) is 62.5 cm³/mol. The summed E-state index contributed by atoms with van der Waals surface area (Å²) in [4.78, 5) is 15.0. The molecule has 0 aliphatic carbocycles. The molecule has 0 saturated heterocycles. The van der Waals surface area contributed by atoms with E-state index in [2.05, 4.69) is 4.98 Å². The first kappa shape index (κ1) is 12.5. The third-order valence-electron chi connectivity index (χ3n) is 2.34. The molecule has 96 valence electrons. The van der Waals surface area contributed by atoms with Crippen molar-refractivity contribution in [2.75, 3.05) is 20.3 Å². The van der Waals surface area contributed by atoms with Crippen LogP contribution in [0.25, 0.3) is 11.1 Å². The van der Waals surface area contributed by atoms with Gasteiger partial charge in [0.25, 0.3) is 0 Å². The molecule has 0 aliphatic rings. The van der Waals surface area contributed by atoms with Gasteiger partial charge in [0.05, 0.1) is 18.8 Å². The number of oxazole rings is 1. The predicted octanol–water partition coefficient (Wildman–Crippen LogP) is 1.69. The maximum absolute atomic E-state index is 10.8. The summed E-state index contributed by atoms with van der Waals surface area (Å²) in [5.41, 5.74) is 1.23. The molecule has 0 fully saturated rings. The van der Waals surface area contributed by atoms with Gasteiger partial charge in [-0.3, -0.25) is 0 Å². The second-order valence-electron chi connectivity index (χ2n) is 3.64. The Morgan fingerprint density at radius 3 is 3.00 bits per heavy atom. The van der Waals surface area contributed by atoms with Crippen LogP contribution < -0.4 is 0 Å². The van der Waals surface area contributed by atoms with Crippen LogP contribution in [0.15, 0.2) is 22.6 Å². The fourth-order valence-corrected chi connectivity index (χ4v) is 1.47. The van der Waals surface area contributed by atoms with Gasteiger partial charge < -0.3 is 19.0 Å². The van der Waals surface area contributed by atoms with E-state index in [0.29, 0.717) is 30.2 Å². The molecule has 0 saturated carbocycles. The van der Waals surface area contributed by atoms with Gasteiger partial charge in [0.2, 0.25) is 5.89 Å². The molecule has 0 aliphatic heterocycles. The summed E-state index contributed by atoms with van der Waals surface area (Å²) in [5, 5.41) is 8.85. The van der Waals surface area contributed by atoms with Crippen molar-refractivity contribution in [2.24, 2.45) is 0 Å². The molecule has 1 N–H and O–H groups in total. The zero-order chi connectivity index (χ0) is 13.0. The molecule has 2 rings (SSSR count). The Labute approximate surface area is 103 Å². The molecular weight excluding hydrogens is 238 g/mol. The van der Waals surface area contributed by atoms with E-state index in [1.165, 1.54) is 12.1 Å². The first-order chi connectivity index (χ1) is 8.70. The monoisotopic (exact) mass is 251 g/mol. The first-order valence-corrected chi connectivity index (χ1v) is 5.40. The SMILES string of the molecule is COCCOCc1nc2ccc(C(=O)O)cc2o1. The molecule has 0 amide bonds. The lowest BCUT2D eigenvalue weighted by atomic mass is 10.2. The number of carboxylic acid groups (broad SMARTS) is 1. The van der Waals surface area contributed by atoms with Crippen molar-refractivity contribution in [3.8, 4) is 0 Å². The molecule has 2 aromatic rings. The van der Waals surface area contributed by atoms with Gasteiger partial charge in [-0.1, -0.05) is 0 Å². The van der Waals surface area contributed by atoms with E-state index in [4.69, 9.17) is 19.0 Å². The van der Waals surface area contributed by atoms with Crippen molar-refractivity contribution in [3.05, 3.63) is 29.7 Å². The van der Waals surface area contributed by atoms with Crippen molar-refractivity contribution in [1.82, 2.24) is 4.98 Å². The van der Waals surface area contributed by atoms with Crippen LogP contribution in [0.5, 0.6) is 0 Å². The molecule has 0 bridgehead atoms. The van der Waals surface area contributed by atoms with E-state index < -0.39 is 5.97 Å². The van der Waals surface area contributed by atoms with Crippen LogP contribution >= 0.6 is 0 Å². The number of rotatable bonds is 6. The molecule has 1 aromatic carbocycles. The average Bonchev–Trinajstić information content (AvgIpc) is 2.76. The molecule has 18 heavy (non-hydrogen) atoms. The summed E-state index contributed by atoms with van der Waals surface area (Å²) in [6.45, 7) is 1.19. The zero-order valence-corrected chi connectivity index (χ0v) is 9.88. The molecular formula is C12H13NO5. The Kier molecular flexibility index (Phi) is 3.91. The number of fused-ring (bicyclic) bond motifs is 1. The summed E-state index contributed by atoms with van der Waals surface area (Å²) < 4.78 is 15.5. The van der Waals surface area contributed by atoms with Gasteiger partial charge in [0.15, 0.2) is 5.58 Å². The van der Waals surface area contributed by atoms with Crippen LogP contribution in [0.4, 0.5) is 0 Å². The van der Waals surface area contributed by atoms with E-state index in [-0.39, 0.29) is 12.2 Å². The van der Waals surface area contributed by atoms with Crippen molar-refractivity contribution in [1.29, 1.82) is 0 Å². The topological polar surface area (TPSA) is 81.8 Å². The fraction of sp³-hybridized carbons (Fsp3) is 0.333. The minimum Gasteiger partial charge on any atom is -0.478 e. The Hall–Kier alpha value is -1.92. The summed E-state index contributed by atoms with van der Waals surface area (Å²) in [7, 11) is 1.59. The molecule has 6 heteroatoms. The number of carbonyl (C=O) groups is 1. The second-order valence-corrected chi connectivity index (χ2v) is 3.64. The maximum atomic E-state index is 10.8. The van der Waals surface area contributed by atoms with Gasteiger partial charge in [-0.15, -0.1) is 0 Å². The van der Waals surface area contributed by atoms with Crippen molar-refractivity contribution < 1.29 is 23.8 Å². The highest BCUT2D eigenvalue weighted by Gasteiger charge is 2.09. The van der Waals surface area contributed by atoms with Crippen LogP contribution in [0.3, 0.4) is 0 Å². The average molecular weight is 251 g/mol. The van der Waals surface area contributed by atoms with Crippen LogP contribution in [-0.2, 0) is 16.1 Å². The molecule has 0 radical (unpaired) electrons. The number of ether oxygens (including phenoxy) is 2. The minimum atomic E-state index is -0.994. The highest BCUT2D eigenvalue weighted by molar-refractivity contribution is 5.91. The number of hydrogen-bond donors (Lipinski definition) is 1. The standard InChI is InChI=1S/C12H13NO5/c1-16-4-5-17-7-11-13-9-3-2-8(12(14)15)6-10(9)18-11/h2-3,6H,4-5,7H2,1H3,(H,14,15). The number of aromatic nitrogens is 1. The van der Waals surface area contributed by atoms with Crippen molar-refractivity contribution >= 4 is 17.1 Å². The van der Waals surface area contributed by atoms with Crippen LogP contribution in [-0.4, -0.2) is 36.4 Å². The largest absolute Gasteiger partial charge is 0.478 e. The van der Waals surface area contributed by atoms with E-state index >= 15 is 0 Å². The molecule has 0 unspecified atom stereocenters. The van der Waals surface area contributed by atoms with Crippen molar-refractivity contribution in [3.63, 3.8) is 0 Å². The number of methoxy groups -OCH3 is 1. The molecule has 1 heterocycles. The normalized spacial score (nSPS) is 10.9. The van der Waals surface area contributed by atoms with Crippen LogP contribution in [0, 0.1) is 0 Å². The Bertz CT molecular complexity index is 548. The molecule has 0 atom stereocenters. The lowest BCUT2D eigenvalue weighted by Gasteiger charge is -1.98. The zero-order valence-electron chi connectivity index (χ0n) is 9.88. The summed E-state index contributed by atoms with van der Waals surface area (Å²) in [5.74, 6) is -0.574. The quantitative estimate of drug-likeness (QED) is 0.787. The Morgan fingerprint density at radius 2 is 2.28 bits per heavy atom. The third kappa shape index (κ3) is 2.85. The number of aromatic carboxylic acids is 1. The van der Waals surface area contributed by atoms with Crippen LogP contribution in [0.2, 0.25) is 0 Å². The lowest BCUT2D eigenvalue weighted by molar-refractivity contribution is 0.0524. The van der Waals surface area contributed by atoms with Gasteiger partial charge >= 0.3 is 5.97 Å². The fourth-order valence-electron chi connectivity index (χ4n) is 1.47. The lowest BCUT2D eigenvalue weighted by Crippen LogP contribution is -2.01. The van der Waals surface area contributed by atoms with E-state index in [1.807, 2.05) is 0 Å². The van der Waals surface area contributed by atoms with Crippen molar-refractivity contribution in [2.45, 2.75) is 6.61 Å². The highest BCUT2D eigenvalue weighted by atomic mass is 16.5. The Balaban J connectivity index is 2.09. The highest BCUT2D eigenvalue weighted by Crippen LogP contribution is 2.17. The van der Waals surface area contributed by atoms with E-state index in [0.717, 1.165) is 0 Å². The first-order valence-electron chi connectivity index (χ1n) is 5.40. The number of hydrogen-bond acceptors (Lipinski definition) is 5. The second kappa shape index (κ2) is 5.61. The maximum Gasteiger partial charge on any atom is 0.335 e. The van der Waals surface area contributed by atoms with Gasteiger partial charge in [0, 0.05) is 7.11 Å². The smallest absolute Gasteiger partial charge is 0.335 e. The van der Waals surface area contributed by atoms with Gasteiger partial charge in [-0.2, -0.15) is 0 Å². The minimum absolute atomic E-state index is 0.172. The Morgan fingerprint density at radius 1 is 1.44 bits per heavy atom. The summed E-state index contributed by atoms with van der Waals surface area (Å²) in [6, 6.07) is 4.55. The molecule has 0 spiro atoms. The van der Waals surface area contributed by atoms with Gasteiger partial charge in [-0.05, 0) is 18.2 Å².